The van der Waals surface area contributed by atoms with Crippen LogP contribution in [0.25, 0.3) is 0 Å². The van der Waals surface area contributed by atoms with Gasteiger partial charge in [-0.25, -0.2) is 4.39 Å². The maximum atomic E-state index is 13.0. The molecule has 5 heteroatoms. The molecule has 4 nitrogen and oxygen atoms in total. The van der Waals surface area contributed by atoms with Gasteiger partial charge in [-0.05, 0) is 45.0 Å². The molecule has 1 aromatic rings. The molecule has 1 rings (SSSR count). The van der Waals surface area contributed by atoms with Crippen molar-refractivity contribution in [1.29, 1.82) is 0 Å². The summed E-state index contributed by atoms with van der Waals surface area (Å²) >= 11 is 0. The summed E-state index contributed by atoms with van der Waals surface area (Å²) in [5, 5.41) is 12.2. The Balaban J connectivity index is 2.86. The summed E-state index contributed by atoms with van der Waals surface area (Å²) in [5.41, 5.74) is 4.85. The Hall–Kier alpha value is -1.62. The summed E-state index contributed by atoms with van der Waals surface area (Å²) in [5.74, 6) is -1.32. The molecule has 0 spiro atoms. The highest BCUT2D eigenvalue weighted by Gasteiger charge is 2.22. The third kappa shape index (κ3) is 3.71. The summed E-state index contributed by atoms with van der Waals surface area (Å²) in [6.07, 6.45) is 0.592. The number of nitrogens with two attached hydrogens (primary N) is 1. The van der Waals surface area contributed by atoms with E-state index in [4.69, 9.17) is 5.73 Å². The van der Waals surface area contributed by atoms with Gasteiger partial charge in [0, 0.05) is 5.54 Å². The molecule has 0 radical (unpaired) electrons. The second kappa shape index (κ2) is 5.14. The van der Waals surface area contributed by atoms with E-state index < -0.39 is 17.3 Å². The van der Waals surface area contributed by atoms with Gasteiger partial charge in [0.25, 0.3) is 5.91 Å². The number of benzene rings is 1. The number of halogens is 1. The minimum atomic E-state index is -0.565. The number of hydrogen-bond acceptors (Lipinski definition) is 3. The summed E-state index contributed by atoms with van der Waals surface area (Å²) in [6.45, 7) is 4.06. The van der Waals surface area contributed by atoms with Gasteiger partial charge in [0.15, 0.2) is 0 Å². The fraction of sp³-hybridized carbons (Fsp3) is 0.417. The number of aromatic hydroxyl groups is 1. The third-order valence-corrected chi connectivity index (χ3v) is 2.42. The molecular weight excluding hydrogens is 223 g/mol. The first kappa shape index (κ1) is 13.4. The van der Waals surface area contributed by atoms with E-state index in [-0.39, 0.29) is 11.3 Å². The number of rotatable bonds is 4. The summed E-state index contributed by atoms with van der Waals surface area (Å²) in [7, 11) is 0. The van der Waals surface area contributed by atoms with Gasteiger partial charge in [0.1, 0.15) is 11.6 Å². The third-order valence-electron chi connectivity index (χ3n) is 2.42. The Morgan fingerprint density at radius 1 is 1.53 bits per heavy atom. The average Bonchev–Trinajstić information content (AvgIpc) is 2.20. The molecule has 0 saturated carbocycles. The highest BCUT2D eigenvalue weighted by molar-refractivity contribution is 5.97. The van der Waals surface area contributed by atoms with Crippen LogP contribution in [0.3, 0.4) is 0 Å². The fourth-order valence-electron chi connectivity index (χ4n) is 1.49. The molecule has 17 heavy (non-hydrogen) atoms. The quantitative estimate of drug-likeness (QED) is 0.744. The van der Waals surface area contributed by atoms with Crippen molar-refractivity contribution in [2.24, 2.45) is 5.73 Å². The summed E-state index contributed by atoms with van der Waals surface area (Å²) < 4.78 is 13.0. The van der Waals surface area contributed by atoms with Crippen LogP contribution in [0.1, 0.15) is 30.6 Å². The van der Waals surface area contributed by atoms with Crippen LogP contribution in [0.5, 0.6) is 5.75 Å². The predicted octanol–water partition coefficient (Wildman–Crippen LogP) is 1.39. The average molecular weight is 240 g/mol. The number of phenols is 1. The van der Waals surface area contributed by atoms with Crippen LogP contribution in [0.15, 0.2) is 18.2 Å². The van der Waals surface area contributed by atoms with Gasteiger partial charge >= 0.3 is 0 Å². The molecule has 0 saturated heterocycles. The molecule has 0 aliphatic carbocycles. The number of hydrogen-bond donors (Lipinski definition) is 3. The first-order valence-electron chi connectivity index (χ1n) is 5.37. The maximum Gasteiger partial charge on any atom is 0.255 e. The van der Waals surface area contributed by atoms with Crippen molar-refractivity contribution >= 4 is 5.91 Å². The number of phenolic OH excluding ortho intramolecular Hbond substituents is 1. The molecule has 1 amide bonds. The van der Waals surface area contributed by atoms with Crippen LogP contribution in [0.2, 0.25) is 0 Å². The van der Waals surface area contributed by atoms with Crippen LogP contribution in [0, 0.1) is 5.82 Å². The number of amides is 1. The monoisotopic (exact) mass is 240 g/mol. The van der Waals surface area contributed by atoms with Crippen molar-refractivity contribution < 1.29 is 14.3 Å². The molecule has 0 aromatic heterocycles. The first-order valence-corrected chi connectivity index (χ1v) is 5.37. The van der Waals surface area contributed by atoms with Gasteiger partial charge in [0.05, 0.1) is 5.56 Å². The Bertz CT molecular complexity index is 419. The molecule has 0 heterocycles. The molecule has 1 aromatic carbocycles. The molecule has 0 unspecified atom stereocenters. The van der Waals surface area contributed by atoms with Gasteiger partial charge in [-0.3, -0.25) is 4.79 Å². The number of carbonyl (C=O) groups excluding carboxylic acids is 1. The molecule has 94 valence electrons. The van der Waals surface area contributed by atoms with Crippen molar-refractivity contribution in [2.45, 2.75) is 25.8 Å². The molecule has 0 aliphatic heterocycles. The predicted molar refractivity (Wildman–Crippen MR) is 63.3 cm³/mol. The summed E-state index contributed by atoms with van der Waals surface area (Å²) in [4.78, 5) is 11.8. The van der Waals surface area contributed by atoms with E-state index in [1.165, 1.54) is 0 Å². The second-order valence-electron chi connectivity index (χ2n) is 4.54. The van der Waals surface area contributed by atoms with Crippen molar-refractivity contribution in [3.8, 4) is 5.75 Å². The van der Waals surface area contributed by atoms with Crippen LogP contribution in [-0.2, 0) is 0 Å². The molecule has 0 bridgehead atoms. The van der Waals surface area contributed by atoms with Crippen LogP contribution >= 0.6 is 0 Å². The zero-order valence-electron chi connectivity index (χ0n) is 9.96. The van der Waals surface area contributed by atoms with E-state index in [2.05, 4.69) is 5.32 Å². The minimum absolute atomic E-state index is 0.0740. The molecule has 4 N–H and O–H groups in total. The van der Waals surface area contributed by atoms with E-state index in [0.29, 0.717) is 13.0 Å². The van der Waals surface area contributed by atoms with Gasteiger partial charge in [-0.1, -0.05) is 0 Å². The zero-order valence-corrected chi connectivity index (χ0v) is 9.96. The largest absolute Gasteiger partial charge is 0.507 e. The lowest BCUT2D eigenvalue weighted by atomic mass is 10.00. The van der Waals surface area contributed by atoms with Crippen molar-refractivity contribution in [1.82, 2.24) is 5.32 Å². The van der Waals surface area contributed by atoms with Crippen LogP contribution in [0.4, 0.5) is 4.39 Å². The number of nitrogens with one attached hydrogen (secondary N) is 1. The van der Waals surface area contributed by atoms with Crippen LogP contribution in [-0.4, -0.2) is 23.1 Å². The highest BCUT2D eigenvalue weighted by Crippen LogP contribution is 2.19. The minimum Gasteiger partial charge on any atom is -0.507 e. The van der Waals surface area contributed by atoms with E-state index in [1.807, 2.05) is 13.8 Å². The lowest BCUT2D eigenvalue weighted by molar-refractivity contribution is 0.0907. The molecule has 0 aliphatic rings. The van der Waals surface area contributed by atoms with Crippen LogP contribution < -0.4 is 11.1 Å². The van der Waals surface area contributed by atoms with Gasteiger partial charge < -0.3 is 16.2 Å². The first-order chi connectivity index (χ1) is 7.85. The van der Waals surface area contributed by atoms with Crippen molar-refractivity contribution in [3.63, 3.8) is 0 Å². The molecular formula is C12H17FN2O2. The zero-order chi connectivity index (χ0) is 13.1. The van der Waals surface area contributed by atoms with E-state index in [9.17, 15) is 14.3 Å². The fourth-order valence-corrected chi connectivity index (χ4v) is 1.49. The van der Waals surface area contributed by atoms with Gasteiger partial charge in [0.2, 0.25) is 0 Å². The van der Waals surface area contributed by atoms with Gasteiger partial charge in [-0.15, -0.1) is 0 Å². The second-order valence-corrected chi connectivity index (χ2v) is 4.54. The standard InChI is InChI=1S/C12H17FN2O2/c1-12(2,5-6-14)15-11(17)9-7-8(13)3-4-10(9)16/h3-4,7,16H,5-6,14H2,1-2H3,(H,15,17). The smallest absolute Gasteiger partial charge is 0.255 e. The lowest BCUT2D eigenvalue weighted by Gasteiger charge is -2.25. The highest BCUT2D eigenvalue weighted by atomic mass is 19.1. The van der Waals surface area contributed by atoms with E-state index in [1.54, 1.807) is 0 Å². The maximum absolute atomic E-state index is 13.0. The van der Waals surface area contributed by atoms with Gasteiger partial charge in [-0.2, -0.15) is 0 Å². The Morgan fingerprint density at radius 2 is 2.18 bits per heavy atom. The van der Waals surface area contributed by atoms with E-state index in [0.717, 1.165) is 18.2 Å². The Morgan fingerprint density at radius 3 is 2.76 bits per heavy atom. The van der Waals surface area contributed by atoms with E-state index >= 15 is 0 Å². The SMILES string of the molecule is CC(C)(CCN)NC(=O)c1cc(F)ccc1O. The van der Waals surface area contributed by atoms with Crippen molar-refractivity contribution in [2.75, 3.05) is 6.54 Å². The topological polar surface area (TPSA) is 75.3 Å². The Kier molecular flexibility index (Phi) is 4.07. The van der Waals surface area contributed by atoms with Crippen molar-refractivity contribution in [3.05, 3.63) is 29.6 Å². The normalized spacial score (nSPS) is 11.3. The summed E-state index contributed by atoms with van der Waals surface area (Å²) in [6, 6.07) is 3.25. The molecule has 0 atom stereocenters. The Labute approximate surface area is 99.6 Å². The molecule has 0 fully saturated rings. The lowest BCUT2D eigenvalue weighted by Crippen LogP contribution is -2.44. The number of carbonyl (C=O) groups is 1.